The molecule has 0 aromatic heterocycles. The molecule has 0 nitrogen and oxygen atoms in total. The number of halogens is 2. The Balaban J connectivity index is 2.06. The van der Waals surface area contributed by atoms with Gasteiger partial charge in [0.25, 0.3) is 0 Å². The number of allylic oxidation sites excluding steroid dienone is 1. The van der Waals surface area contributed by atoms with E-state index in [1.54, 1.807) is 0 Å². The van der Waals surface area contributed by atoms with Crippen LogP contribution in [-0.2, 0) is 6.42 Å². The highest BCUT2D eigenvalue weighted by Crippen LogP contribution is 2.34. The molecule has 84 valence electrons. The lowest BCUT2D eigenvalue weighted by Gasteiger charge is -2.06. The van der Waals surface area contributed by atoms with Crippen molar-refractivity contribution in [3.8, 4) is 0 Å². The van der Waals surface area contributed by atoms with Gasteiger partial charge in [0.2, 0.25) is 0 Å². The smallest absolute Gasteiger partial charge is 0.0409 e. The molecule has 1 aliphatic rings. The fourth-order valence-electron chi connectivity index (χ4n) is 2.22. The van der Waals surface area contributed by atoms with E-state index in [1.807, 2.05) is 24.3 Å². The number of benzene rings is 2. The molecule has 2 heteroatoms. The zero-order valence-electron chi connectivity index (χ0n) is 9.08. The molecule has 0 saturated carbocycles. The third-order valence-corrected chi connectivity index (χ3v) is 3.53. The van der Waals surface area contributed by atoms with E-state index in [1.165, 1.54) is 22.3 Å². The van der Waals surface area contributed by atoms with Gasteiger partial charge in [-0.3, -0.25) is 0 Å². The molecular formula is C15H10Cl2. The Bertz CT molecular complexity index is 595. The second kappa shape index (κ2) is 4.21. The Morgan fingerprint density at radius 1 is 0.824 bits per heavy atom. The van der Waals surface area contributed by atoms with Crippen molar-refractivity contribution in [2.24, 2.45) is 0 Å². The first-order valence-electron chi connectivity index (χ1n) is 5.49. The zero-order chi connectivity index (χ0) is 11.8. The van der Waals surface area contributed by atoms with Gasteiger partial charge in [-0.1, -0.05) is 47.5 Å². The molecule has 0 radical (unpaired) electrons. The van der Waals surface area contributed by atoms with Gasteiger partial charge in [-0.2, -0.15) is 0 Å². The van der Waals surface area contributed by atoms with E-state index in [0.29, 0.717) is 0 Å². The van der Waals surface area contributed by atoms with E-state index < -0.39 is 0 Å². The van der Waals surface area contributed by atoms with Crippen molar-refractivity contribution < 1.29 is 0 Å². The lowest BCUT2D eigenvalue weighted by molar-refractivity contribution is 1.31. The van der Waals surface area contributed by atoms with E-state index in [0.717, 1.165) is 16.5 Å². The van der Waals surface area contributed by atoms with Gasteiger partial charge in [0.15, 0.2) is 0 Å². The Hall–Kier alpha value is -1.24. The number of rotatable bonds is 1. The Kier molecular flexibility index (Phi) is 2.70. The molecule has 1 aliphatic carbocycles. The van der Waals surface area contributed by atoms with Crippen molar-refractivity contribution in [2.45, 2.75) is 6.42 Å². The molecule has 0 spiro atoms. The third-order valence-electron chi connectivity index (χ3n) is 3.04. The highest BCUT2D eigenvalue weighted by molar-refractivity contribution is 6.31. The number of hydrogen-bond donors (Lipinski definition) is 0. The Morgan fingerprint density at radius 2 is 1.53 bits per heavy atom. The van der Waals surface area contributed by atoms with Crippen molar-refractivity contribution in [2.75, 3.05) is 0 Å². The molecule has 0 N–H and O–H groups in total. The normalized spacial score (nSPS) is 13.4. The van der Waals surface area contributed by atoms with Gasteiger partial charge in [-0.25, -0.2) is 0 Å². The number of fused-ring (bicyclic) bond motifs is 1. The maximum absolute atomic E-state index is 6.00. The maximum atomic E-state index is 6.00. The van der Waals surface area contributed by atoms with Crippen LogP contribution in [0.1, 0.15) is 16.7 Å². The average molecular weight is 261 g/mol. The quantitative estimate of drug-likeness (QED) is 0.679. The molecule has 0 aliphatic heterocycles. The van der Waals surface area contributed by atoms with Crippen LogP contribution in [0, 0.1) is 0 Å². The fraction of sp³-hybridized carbons (Fsp3) is 0.0667. The van der Waals surface area contributed by atoms with Crippen LogP contribution in [0.5, 0.6) is 0 Å². The van der Waals surface area contributed by atoms with Crippen LogP contribution in [0.4, 0.5) is 0 Å². The van der Waals surface area contributed by atoms with Crippen molar-refractivity contribution in [3.05, 3.63) is 75.3 Å². The monoisotopic (exact) mass is 260 g/mol. The van der Waals surface area contributed by atoms with Crippen LogP contribution < -0.4 is 0 Å². The molecule has 0 bridgehead atoms. The first kappa shape index (κ1) is 10.9. The second-order valence-electron chi connectivity index (χ2n) is 4.13. The minimum absolute atomic E-state index is 0.767. The van der Waals surface area contributed by atoms with Crippen molar-refractivity contribution in [1.29, 1.82) is 0 Å². The number of hydrogen-bond acceptors (Lipinski definition) is 0. The summed E-state index contributed by atoms with van der Waals surface area (Å²) in [5, 5.41) is 1.57. The lowest BCUT2D eigenvalue weighted by atomic mass is 9.99. The largest absolute Gasteiger partial charge is 0.0843 e. The van der Waals surface area contributed by atoms with Crippen LogP contribution >= 0.6 is 23.2 Å². The van der Waals surface area contributed by atoms with Crippen LogP contribution in [0.25, 0.3) is 5.57 Å². The predicted molar refractivity (Wildman–Crippen MR) is 73.7 cm³/mol. The van der Waals surface area contributed by atoms with E-state index in [4.69, 9.17) is 23.2 Å². The lowest BCUT2D eigenvalue weighted by Crippen LogP contribution is -1.86. The van der Waals surface area contributed by atoms with E-state index in [9.17, 15) is 0 Å². The van der Waals surface area contributed by atoms with Gasteiger partial charge in [-0.15, -0.1) is 0 Å². The molecule has 0 heterocycles. The minimum atomic E-state index is 0.767. The average Bonchev–Trinajstić information content (AvgIpc) is 2.73. The summed E-state index contributed by atoms with van der Waals surface area (Å²) in [5.74, 6) is 0. The summed E-state index contributed by atoms with van der Waals surface area (Å²) in [4.78, 5) is 0. The fourth-order valence-corrected chi connectivity index (χ4v) is 2.54. The van der Waals surface area contributed by atoms with E-state index in [-0.39, 0.29) is 0 Å². The van der Waals surface area contributed by atoms with E-state index in [2.05, 4.69) is 24.3 Å². The molecule has 2 aromatic rings. The molecule has 17 heavy (non-hydrogen) atoms. The summed E-state index contributed by atoms with van der Waals surface area (Å²) >= 11 is 11.9. The van der Waals surface area contributed by atoms with Gasteiger partial charge in [0, 0.05) is 10.0 Å². The molecular weight excluding hydrogens is 251 g/mol. The standard InChI is InChI=1S/C15H10Cl2/c16-12-4-1-10(2-5-12)14-7-3-11-9-13(17)6-8-15(11)14/h1-2,4-9H,3H2. The van der Waals surface area contributed by atoms with Crippen molar-refractivity contribution in [1.82, 2.24) is 0 Å². The van der Waals surface area contributed by atoms with Crippen molar-refractivity contribution >= 4 is 28.8 Å². The van der Waals surface area contributed by atoms with Crippen LogP contribution in [0.2, 0.25) is 10.0 Å². The summed E-state index contributed by atoms with van der Waals surface area (Å²) in [6.07, 6.45) is 3.19. The summed E-state index contributed by atoms with van der Waals surface area (Å²) in [6.45, 7) is 0. The highest BCUT2D eigenvalue weighted by Gasteiger charge is 2.15. The first-order valence-corrected chi connectivity index (χ1v) is 6.24. The van der Waals surface area contributed by atoms with Crippen LogP contribution in [-0.4, -0.2) is 0 Å². The summed E-state index contributed by atoms with van der Waals surface area (Å²) in [5.41, 5.74) is 5.04. The van der Waals surface area contributed by atoms with Gasteiger partial charge in [0.05, 0.1) is 0 Å². The molecule has 2 aromatic carbocycles. The van der Waals surface area contributed by atoms with Crippen molar-refractivity contribution in [3.63, 3.8) is 0 Å². The highest BCUT2D eigenvalue weighted by atomic mass is 35.5. The Morgan fingerprint density at radius 3 is 2.29 bits per heavy atom. The predicted octanol–water partition coefficient (Wildman–Crippen LogP) is 4.98. The second-order valence-corrected chi connectivity index (χ2v) is 5.00. The summed E-state index contributed by atoms with van der Waals surface area (Å²) < 4.78 is 0. The molecule has 0 fully saturated rings. The van der Waals surface area contributed by atoms with Crippen LogP contribution in [0.15, 0.2) is 48.5 Å². The van der Waals surface area contributed by atoms with Crippen LogP contribution in [0.3, 0.4) is 0 Å². The molecule has 3 rings (SSSR count). The van der Waals surface area contributed by atoms with Gasteiger partial charge in [0.1, 0.15) is 0 Å². The summed E-state index contributed by atoms with van der Waals surface area (Å²) in [6, 6.07) is 14.0. The molecule has 0 atom stereocenters. The molecule has 0 saturated heterocycles. The summed E-state index contributed by atoms with van der Waals surface area (Å²) in [7, 11) is 0. The first-order chi connectivity index (χ1) is 8.24. The maximum Gasteiger partial charge on any atom is 0.0409 e. The third kappa shape index (κ3) is 1.99. The minimum Gasteiger partial charge on any atom is -0.0843 e. The molecule has 0 unspecified atom stereocenters. The topological polar surface area (TPSA) is 0 Å². The SMILES string of the molecule is Clc1ccc(C2=CCc3cc(Cl)ccc32)cc1. The molecule has 0 amide bonds. The van der Waals surface area contributed by atoms with Gasteiger partial charge >= 0.3 is 0 Å². The van der Waals surface area contributed by atoms with Gasteiger partial charge in [-0.05, 0) is 52.9 Å². The van der Waals surface area contributed by atoms with E-state index >= 15 is 0 Å². The Labute approximate surface area is 110 Å². The van der Waals surface area contributed by atoms with Gasteiger partial charge < -0.3 is 0 Å². The zero-order valence-corrected chi connectivity index (χ0v) is 10.6.